The zero-order valence-corrected chi connectivity index (χ0v) is 11.8. The number of anilines is 1. The van der Waals surface area contributed by atoms with Crippen molar-refractivity contribution in [1.82, 2.24) is 0 Å². The lowest BCUT2D eigenvalue weighted by Gasteiger charge is -2.08. The predicted molar refractivity (Wildman–Crippen MR) is 73.1 cm³/mol. The fourth-order valence-corrected chi connectivity index (χ4v) is 1.96. The van der Waals surface area contributed by atoms with Gasteiger partial charge in [-0.2, -0.15) is 5.26 Å². The van der Waals surface area contributed by atoms with Gasteiger partial charge in [0.25, 0.3) is 5.91 Å². The molecule has 0 radical (unpaired) electrons. The Morgan fingerprint density at radius 1 is 1.14 bits per heavy atom. The number of halogens is 4. The van der Waals surface area contributed by atoms with Gasteiger partial charge in [0, 0.05) is 10.0 Å². The first-order valence-electron chi connectivity index (χ1n) is 5.58. The summed E-state index contributed by atoms with van der Waals surface area (Å²) in [6, 6.07) is 7.55. The highest BCUT2D eigenvalue weighted by molar-refractivity contribution is 9.10. The van der Waals surface area contributed by atoms with Gasteiger partial charge in [-0.3, -0.25) is 4.79 Å². The van der Waals surface area contributed by atoms with Crippen molar-refractivity contribution in [2.45, 2.75) is 0 Å². The van der Waals surface area contributed by atoms with Crippen molar-refractivity contribution in [3.8, 4) is 6.07 Å². The maximum absolute atomic E-state index is 13.1. The van der Waals surface area contributed by atoms with Crippen LogP contribution in [-0.2, 0) is 0 Å². The second-order valence-corrected chi connectivity index (χ2v) is 4.93. The maximum atomic E-state index is 13.1. The van der Waals surface area contributed by atoms with E-state index in [0.717, 1.165) is 0 Å². The molecule has 0 aliphatic heterocycles. The fourth-order valence-electron chi connectivity index (χ4n) is 1.60. The molecule has 0 aliphatic carbocycles. The monoisotopic (exact) mass is 354 g/mol. The summed E-state index contributed by atoms with van der Waals surface area (Å²) in [7, 11) is 0. The molecule has 2 rings (SSSR count). The molecule has 0 unspecified atom stereocenters. The van der Waals surface area contributed by atoms with E-state index in [-0.39, 0.29) is 11.3 Å². The van der Waals surface area contributed by atoms with Crippen LogP contribution in [0.15, 0.2) is 34.8 Å². The zero-order chi connectivity index (χ0) is 15.6. The summed E-state index contributed by atoms with van der Waals surface area (Å²) in [5.74, 6) is -5.42. The SMILES string of the molecule is N#Cc1cc(Br)ccc1NC(=O)c1cc(F)c(F)c(F)c1. The van der Waals surface area contributed by atoms with Gasteiger partial charge in [0.1, 0.15) is 6.07 Å². The number of hydrogen-bond donors (Lipinski definition) is 1. The van der Waals surface area contributed by atoms with Crippen LogP contribution in [0.4, 0.5) is 18.9 Å². The van der Waals surface area contributed by atoms with Crippen LogP contribution >= 0.6 is 15.9 Å². The third kappa shape index (κ3) is 3.23. The molecule has 0 aliphatic rings. The van der Waals surface area contributed by atoms with E-state index in [1.807, 2.05) is 6.07 Å². The lowest BCUT2D eigenvalue weighted by molar-refractivity contribution is 0.102. The lowest BCUT2D eigenvalue weighted by atomic mass is 10.1. The van der Waals surface area contributed by atoms with Crippen LogP contribution in [0.2, 0.25) is 0 Å². The quantitative estimate of drug-likeness (QED) is 0.829. The number of carbonyl (C=O) groups is 1. The van der Waals surface area contributed by atoms with Crippen molar-refractivity contribution in [2.75, 3.05) is 5.32 Å². The Bertz CT molecular complexity index is 748. The van der Waals surface area contributed by atoms with Gasteiger partial charge in [-0.25, -0.2) is 13.2 Å². The van der Waals surface area contributed by atoms with Crippen LogP contribution in [-0.4, -0.2) is 5.91 Å². The van der Waals surface area contributed by atoms with Crippen LogP contribution in [0.5, 0.6) is 0 Å². The minimum Gasteiger partial charge on any atom is -0.321 e. The van der Waals surface area contributed by atoms with E-state index < -0.39 is 28.9 Å². The summed E-state index contributed by atoms with van der Waals surface area (Å²) >= 11 is 3.17. The van der Waals surface area contributed by atoms with Gasteiger partial charge in [-0.1, -0.05) is 15.9 Å². The Morgan fingerprint density at radius 3 is 2.33 bits per heavy atom. The molecule has 7 heteroatoms. The molecule has 0 atom stereocenters. The molecule has 0 saturated carbocycles. The predicted octanol–water partition coefficient (Wildman–Crippen LogP) is 3.99. The zero-order valence-electron chi connectivity index (χ0n) is 10.3. The second kappa shape index (κ2) is 5.97. The van der Waals surface area contributed by atoms with E-state index in [4.69, 9.17) is 5.26 Å². The molecule has 0 heterocycles. The van der Waals surface area contributed by atoms with Crippen molar-refractivity contribution in [1.29, 1.82) is 5.26 Å². The van der Waals surface area contributed by atoms with Gasteiger partial charge in [0.15, 0.2) is 17.5 Å². The van der Waals surface area contributed by atoms with Gasteiger partial charge < -0.3 is 5.32 Å². The van der Waals surface area contributed by atoms with E-state index in [1.54, 1.807) is 6.07 Å². The van der Waals surface area contributed by atoms with Gasteiger partial charge in [0.2, 0.25) is 0 Å². The first-order valence-corrected chi connectivity index (χ1v) is 6.37. The summed E-state index contributed by atoms with van der Waals surface area (Å²) in [4.78, 5) is 11.9. The molecule has 0 saturated heterocycles. The Labute approximate surface area is 126 Å². The van der Waals surface area contributed by atoms with Crippen LogP contribution in [0.1, 0.15) is 15.9 Å². The van der Waals surface area contributed by atoms with Crippen molar-refractivity contribution < 1.29 is 18.0 Å². The van der Waals surface area contributed by atoms with Gasteiger partial charge >= 0.3 is 0 Å². The van der Waals surface area contributed by atoms with E-state index in [1.165, 1.54) is 12.1 Å². The number of hydrogen-bond acceptors (Lipinski definition) is 2. The highest BCUT2D eigenvalue weighted by Crippen LogP contribution is 2.21. The Morgan fingerprint density at radius 2 is 1.76 bits per heavy atom. The van der Waals surface area contributed by atoms with Crippen LogP contribution < -0.4 is 5.32 Å². The summed E-state index contributed by atoms with van der Waals surface area (Å²) < 4.78 is 39.6. The Balaban J connectivity index is 2.33. The van der Waals surface area contributed by atoms with Crippen molar-refractivity contribution >= 4 is 27.5 Å². The summed E-state index contributed by atoms with van der Waals surface area (Å²) in [5.41, 5.74) is -0.0465. The number of carbonyl (C=O) groups excluding carboxylic acids is 1. The summed E-state index contributed by atoms with van der Waals surface area (Å²) in [5, 5.41) is 11.3. The summed E-state index contributed by atoms with van der Waals surface area (Å²) in [6.07, 6.45) is 0. The molecule has 0 bridgehead atoms. The molecule has 1 amide bonds. The largest absolute Gasteiger partial charge is 0.321 e. The number of nitrogens with zero attached hydrogens (tertiary/aromatic N) is 1. The molecule has 106 valence electrons. The molecule has 2 aromatic rings. The first kappa shape index (κ1) is 15.1. The normalized spacial score (nSPS) is 10.0. The minimum absolute atomic E-state index is 0.167. The van der Waals surface area contributed by atoms with E-state index in [0.29, 0.717) is 16.6 Å². The molecule has 0 aromatic heterocycles. The lowest BCUT2D eigenvalue weighted by Crippen LogP contribution is -2.14. The van der Waals surface area contributed by atoms with Crippen molar-refractivity contribution in [3.05, 3.63) is 63.4 Å². The van der Waals surface area contributed by atoms with E-state index >= 15 is 0 Å². The highest BCUT2D eigenvalue weighted by atomic mass is 79.9. The molecule has 1 N–H and O–H groups in total. The number of nitrogens with one attached hydrogen (secondary N) is 1. The standard InChI is InChI=1S/C14H6BrF3N2O/c15-9-1-2-12(8(3-9)6-19)20-14(21)7-4-10(16)13(18)11(17)5-7/h1-5H,(H,20,21). The number of amides is 1. The van der Waals surface area contributed by atoms with Gasteiger partial charge in [-0.05, 0) is 30.3 Å². The third-order valence-corrected chi connectivity index (χ3v) is 3.09. The number of nitriles is 1. The third-order valence-electron chi connectivity index (χ3n) is 2.60. The van der Waals surface area contributed by atoms with Crippen molar-refractivity contribution in [3.63, 3.8) is 0 Å². The smallest absolute Gasteiger partial charge is 0.255 e. The van der Waals surface area contributed by atoms with Crippen molar-refractivity contribution in [2.24, 2.45) is 0 Å². The van der Waals surface area contributed by atoms with Crippen LogP contribution in [0.25, 0.3) is 0 Å². The Hall–Kier alpha value is -2.33. The average Bonchev–Trinajstić information content (AvgIpc) is 2.45. The molecule has 21 heavy (non-hydrogen) atoms. The average molecular weight is 355 g/mol. The van der Waals surface area contributed by atoms with E-state index in [2.05, 4.69) is 21.2 Å². The second-order valence-electron chi connectivity index (χ2n) is 4.01. The highest BCUT2D eigenvalue weighted by Gasteiger charge is 2.16. The van der Waals surface area contributed by atoms with Crippen LogP contribution in [0.3, 0.4) is 0 Å². The molecule has 0 fully saturated rings. The van der Waals surface area contributed by atoms with Gasteiger partial charge in [0.05, 0.1) is 11.3 Å². The van der Waals surface area contributed by atoms with Crippen LogP contribution in [0, 0.1) is 28.8 Å². The number of benzene rings is 2. The number of rotatable bonds is 2. The topological polar surface area (TPSA) is 52.9 Å². The summed E-state index contributed by atoms with van der Waals surface area (Å²) in [6.45, 7) is 0. The fraction of sp³-hybridized carbons (Fsp3) is 0. The Kier molecular flexibility index (Phi) is 4.29. The first-order chi connectivity index (χ1) is 9.92. The molecular formula is C14H6BrF3N2O. The maximum Gasteiger partial charge on any atom is 0.255 e. The molecule has 3 nitrogen and oxygen atoms in total. The van der Waals surface area contributed by atoms with Gasteiger partial charge in [-0.15, -0.1) is 0 Å². The molecule has 0 spiro atoms. The van der Waals surface area contributed by atoms with E-state index in [9.17, 15) is 18.0 Å². The molecule has 2 aromatic carbocycles. The molecular weight excluding hydrogens is 349 g/mol. The minimum atomic E-state index is -1.65.